The normalized spacial score (nSPS) is 15.3. The topological polar surface area (TPSA) is 79.2 Å². The summed E-state index contributed by atoms with van der Waals surface area (Å²) < 4.78 is 14.6. The number of aliphatic hydroxyl groups is 1. The number of hydrogen-bond donors (Lipinski definition) is 3. The van der Waals surface area contributed by atoms with E-state index in [1.807, 2.05) is 6.92 Å². The van der Waals surface area contributed by atoms with Gasteiger partial charge in [-0.3, -0.25) is 5.32 Å². The van der Waals surface area contributed by atoms with Gasteiger partial charge in [0.1, 0.15) is 5.82 Å². The highest BCUT2D eigenvalue weighted by Gasteiger charge is 2.42. The third-order valence-electron chi connectivity index (χ3n) is 4.12. The Morgan fingerprint density at radius 3 is 2.70 bits per heavy atom. The average molecular weight is 318 g/mol. The fourth-order valence-electron chi connectivity index (χ4n) is 2.38. The van der Waals surface area contributed by atoms with Crippen molar-refractivity contribution in [3.8, 4) is 5.69 Å². The van der Waals surface area contributed by atoms with Crippen LogP contribution in [-0.4, -0.2) is 34.1 Å². The first-order valence-electron chi connectivity index (χ1n) is 7.50. The number of nitrogens with one attached hydrogen (secondary N) is 2. The number of nitrogens with zero attached hydrogens (tertiary/aromatic N) is 2. The molecule has 0 saturated heterocycles. The van der Waals surface area contributed by atoms with Crippen LogP contribution in [0.1, 0.15) is 18.5 Å². The molecule has 0 bridgehead atoms. The molecule has 1 fully saturated rings. The van der Waals surface area contributed by atoms with Crippen molar-refractivity contribution in [3.05, 3.63) is 41.8 Å². The molecule has 3 rings (SSSR count). The molecule has 6 nitrogen and oxygen atoms in total. The second-order valence-corrected chi connectivity index (χ2v) is 6.02. The van der Waals surface area contributed by atoms with Crippen molar-refractivity contribution < 1.29 is 14.3 Å². The molecular formula is C16H19FN4O2. The van der Waals surface area contributed by atoms with E-state index in [0.717, 1.165) is 24.2 Å². The number of aryl methyl sites for hydroxylation is 1. The molecule has 0 aliphatic heterocycles. The van der Waals surface area contributed by atoms with Crippen LogP contribution in [0, 0.1) is 18.2 Å². The second-order valence-electron chi connectivity index (χ2n) is 6.02. The number of urea groups is 1. The van der Waals surface area contributed by atoms with E-state index in [4.69, 9.17) is 0 Å². The molecule has 3 N–H and O–H groups in total. The lowest BCUT2D eigenvalue weighted by Crippen LogP contribution is -2.35. The fraction of sp³-hybridized carbons (Fsp3) is 0.375. The van der Waals surface area contributed by atoms with E-state index >= 15 is 0 Å². The van der Waals surface area contributed by atoms with Crippen LogP contribution in [0.4, 0.5) is 15.0 Å². The van der Waals surface area contributed by atoms with Crippen LogP contribution in [0.25, 0.3) is 5.69 Å². The largest absolute Gasteiger partial charge is 0.396 e. The van der Waals surface area contributed by atoms with Crippen molar-refractivity contribution >= 4 is 11.8 Å². The molecule has 1 saturated carbocycles. The first-order valence-corrected chi connectivity index (χ1v) is 7.50. The van der Waals surface area contributed by atoms with Gasteiger partial charge in [-0.25, -0.2) is 13.9 Å². The first kappa shape index (κ1) is 15.5. The van der Waals surface area contributed by atoms with E-state index in [2.05, 4.69) is 15.7 Å². The Hall–Kier alpha value is -2.41. The van der Waals surface area contributed by atoms with Crippen molar-refractivity contribution in [3.63, 3.8) is 0 Å². The zero-order valence-electron chi connectivity index (χ0n) is 12.8. The van der Waals surface area contributed by atoms with Gasteiger partial charge in [-0.2, -0.15) is 0 Å². The zero-order valence-corrected chi connectivity index (χ0v) is 12.8. The maximum atomic E-state index is 13.0. The number of aromatic nitrogens is 2. The number of hydrogen-bond acceptors (Lipinski definition) is 3. The Balaban J connectivity index is 1.64. The fourth-order valence-corrected chi connectivity index (χ4v) is 2.38. The molecule has 1 aromatic carbocycles. The SMILES string of the molecule is Cc1cc(NC(=O)NCC2(CO)CC2)nn1-c1ccc(F)cc1. The predicted molar refractivity (Wildman–Crippen MR) is 84.0 cm³/mol. The van der Waals surface area contributed by atoms with Crippen molar-refractivity contribution in [2.45, 2.75) is 19.8 Å². The van der Waals surface area contributed by atoms with Crippen LogP contribution in [0.5, 0.6) is 0 Å². The van der Waals surface area contributed by atoms with Gasteiger partial charge in [0.05, 0.1) is 12.3 Å². The molecule has 0 atom stereocenters. The third kappa shape index (κ3) is 3.50. The number of amides is 2. The van der Waals surface area contributed by atoms with E-state index in [1.54, 1.807) is 22.9 Å². The average Bonchev–Trinajstić information content (AvgIpc) is 3.24. The molecule has 1 aliphatic carbocycles. The molecule has 0 unspecified atom stereocenters. The summed E-state index contributed by atoms with van der Waals surface area (Å²) >= 11 is 0. The molecule has 1 aliphatic rings. The summed E-state index contributed by atoms with van der Waals surface area (Å²) in [4.78, 5) is 11.9. The molecule has 122 valence electrons. The first-order chi connectivity index (χ1) is 11.0. The van der Waals surface area contributed by atoms with E-state index in [9.17, 15) is 14.3 Å². The smallest absolute Gasteiger partial charge is 0.320 e. The van der Waals surface area contributed by atoms with Crippen LogP contribution in [-0.2, 0) is 0 Å². The van der Waals surface area contributed by atoms with Gasteiger partial charge >= 0.3 is 6.03 Å². The van der Waals surface area contributed by atoms with Crippen molar-refractivity contribution in [2.75, 3.05) is 18.5 Å². The lowest BCUT2D eigenvalue weighted by atomic mass is 10.1. The lowest BCUT2D eigenvalue weighted by Gasteiger charge is -2.12. The molecule has 0 spiro atoms. The molecular weight excluding hydrogens is 299 g/mol. The maximum Gasteiger partial charge on any atom is 0.320 e. The van der Waals surface area contributed by atoms with Crippen molar-refractivity contribution in [2.24, 2.45) is 5.41 Å². The summed E-state index contributed by atoms with van der Waals surface area (Å²) in [6.07, 6.45) is 1.87. The number of rotatable bonds is 5. The Morgan fingerprint density at radius 1 is 1.39 bits per heavy atom. The molecule has 23 heavy (non-hydrogen) atoms. The zero-order chi connectivity index (χ0) is 16.4. The number of aliphatic hydroxyl groups excluding tert-OH is 1. The quantitative estimate of drug-likeness (QED) is 0.791. The van der Waals surface area contributed by atoms with E-state index < -0.39 is 0 Å². The second kappa shape index (κ2) is 6.00. The lowest BCUT2D eigenvalue weighted by molar-refractivity contribution is 0.206. The predicted octanol–water partition coefficient (Wildman–Crippen LogP) is 2.21. The van der Waals surface area contributed by atoms with Gasteiger partial charge in [-0.15, -0.1) is 5.10 Å². The number of halogens is 1. The molecule has 2 aromatic rings. The standard InChI is InChI=1S/C16H19FN4O2/c1-11-8-14(19-15(23)18-9-16(10-22)6-7-16)20-21(11)13-4-2-12(17)3-5-13/h2-5,8,22H,6-7,9-10H2,1H3,(H2,18,19,20,23). The third-order valence-corrected chi connectivity index (χ3v) is 4.12. The van der Waals surface area contributed by atoms with E-state index in [1.165, 1.54) is 12.1 Å². The Kier molecular flexibility index (Phi) is 4.04. The Bertz CT molecular complexity index is 707. The number of anilines is 1. The minimum Gasteiger partial charge on any atom is -0.396 e. The highest BCUT2D eigenvalue weighted by atomic mass is 19.1. The molecule has 1 heterocycles. The maximum absolute atomic E-state index is 13.0. The number of carbonyl (C=O) groups excluding carboxylic acids is 1. The van der Waals surface area contributed by atoms with Gasteiger partial charge in [0.15, 0.2) is 5.82 Å². The Labute approximate surface area is 133 Å². The monoisotopic (exact) mass is 318 g/mol. The van der Waals surface area contributed by atoms with Crippen LogP contribution < -0.4 is 10.6 Å². The summed E-state index contributed by atoms with van der Waals surface area (Å²) in [7, 11) is 0. The molecule has 0 radical (unpaired) electrons. The highest BCUT2D eigenvalue weighted by molar-refractivity contribution is 5.88. The molecule has 2 amide bonds. The molecule has 7 heteroatoms. The van der Waals surface area contributed by atoms with Crippen molar-refractivity contribution in [1.82, 2.24) is 15.1 Å². The summed E-state index contributed by atoms with van der Waals surface area (Å²) in [5.41, 5.74) is 1.40. The number of benzene rings is 1. The highest BCUT2D eigenvalue weighted by Crippen LogP contribution is 2.44. The van der Waals surface area contributed by atoms with Gasteiger partial charge in [0.2, 0.25) is 0 Å². The van der Waals surface area contributed by atoms with Gasteiger partial charge in [-0.05, 0) is 44.0 Å². The molecule has 1 aromatic heterocycles. The van der Waals surface area contributed by atoms with Gasteiger partial charge in [0.25, 0.3) is 0 Å². The summed E-state index contributed by atoms with van der Waals surface area (Å²) in [6.45, 7) is 2.39. The van der Waals surface area contributed by atoms with Gasteiger partial charge < -0.3 is 10.4 Å². The van der Waals surface area contributed by atoms with Crippen LogP contribution in [0.3, 0.4) is 0 Å². The van der Waals surface area contributed by atoms with Gasteiger partial charge in [0, 0.05) is 23.7 Å². The number of carbonyl (C=O) groups is 1. The summed E-state index contributed by atoms with van der Waals surface area (Å²) in [5.74, 6) is 0.104. The summed E-state index contributed by atoms with van der Waals surface area (Å²) in [6, 6.07) is 7.35. The van der Waals surface area contributed by atoms with Gasteiger partial charge in [-0.1, -0.05) is 0 Å². The van der Waals surface area contributed by atoms with Crippen LogP contribution >= 0.6 is 0 Å². The van der Waals surface area contributed by atoms with E-state index in [-0.39, 0.29) is 23.9 Å². The van der Waals surface area contributed by atoms with Crippen molar-refractivity contribution in [1.29, 1.82) is 0 Å². The minimum atomic E-state index is -0.353. The van der Waals surface area contributed by atoms with E-state index in [0.29, 0.717) is 12.4 Å². The minimum absolute atomic E-state index is 0.0889. The Morgan fingerprint density at radius 2 is 2.09 bits per heavy atom. The van der Waals surface area contributed by atoms with Crippen LogP contribution in [0.2, 0.25) is 0 Å². The van der Waals surface area contributed by atoms with Crippen LogP contribution in [0.15, 0.2) is 30.3 Å². The summed E-state index contributed by atoms with van der Waals surface area (Å²) in [5, 5.41) is 19.0.